The lowest BCUT2D eigenvalue weighted by Crippen LogP contribution is -2.27. The third-order valence-electron chi connectivity index (χ3n) is 6.10. The van der Waals surface area contributed by atoms with Crippen LogP contribution in [0.15, 0.2) is 0 Å². The summed E-state index contributed by atoms with van der Waals surface area (Å²) in [5.74, 6) is 0.0711. The summed E-state index contributed by atoms with van der Waals surface area (Å²) >= 11 is 0. The van der Waals surface area contributed by atoms with E-state index in [4.69, 9.17) is 4.74 Å². The van der Waals surface area contributed by atoms with Crippen molar-refractivity contribution in [3.8, 4) is 0 Å². The summed E-state index contributed by atoms with van der Waals surface area (Å²) in [5.41, 5.74) is 0. The Balaban J connectivity index is 0. The zero-order valence-corrected chi connectivity index (χ0v) is 20.8. The molecule has 0 aliphatic carbocycles. The fourth-order valence-electron chi connectivity index (χ4n) is 4.03. The monoisotopic (exact) mass is 429 g/mol. The van der Waals surface area contributed by atoms with Gasteiger partial charge in [-0.25, -0.2) is 0 Å². The number of ether oxygens (including phenoxy) is 1. The van der Waals surface area contributed by atoms with Crippen molar-refractivity contribution in [1.82, 2.24) is 6.15 Å². The minimum atomic E-state index is -0.500. The molecule has 0 bridgehead atoms. The van der Waals surface area contributed by atoms with Gasteiger partial charge >= 0.3 is 5.97 Å². The number of hydrogen-bond donors (Lipinski definition) is 2. The van der Waals surface area contributed by atoms with Gasteiger partial charge in [0.05, 0.1) is 6.10 Å². The molecule has 0 aliphatic heterocycles. The zero-order valence-electron chi connectivity index (χ0n) is 20.8. The van der Waals surface area contributed by atoms with Gasteiger partial charge < -0.3 is 16.0 Å². The Labute approximate surface area is 188 Å². The molecule has 0 saturated heterocycles. The standard InChI is InChI=1S/C26H52O3.H3N/c1-4-7-9-11-13-15-17-19-21-24(25(27)23-29-26(28)6-3)22-20-18-16-14-12-10-8-5-2;/h24-25,27H,4-23H2,1-3H3;1H3. The molecule has 4 heteroatoms. The van der Waals surface area contributed by atoms with Crippen LogP contribution in [0.1, 0.15) is 143 Å². The highest BCUT2D eigenvalue weighted by molar-refractivity contribution is 5.68. The molecule has 4 N–H and O–H groups in total. The van der Waals surface area contributed by atoms with Crippen molar-refractivity contribution in [1.29, 1.82) is 0 Å². The smallest absolute Gasteiger partial charge is 0.305 e. The molecule has 0 amide bonds. The lowest BCUT2D eigenvalue weighted by atomic mass is 9.89. The Kier molecular flexibility index (Phi) is 26.0. The van der Waals surface area contributed by atoms with Crippen LogP contribution in [0.3, 0.4) is 0 Å². The first-order valence-corrected chi connectivity index (χ1v) is 13.0. The summed E-state index contributed by atoms with van der Waals surface area (Å²) in [6, 6.07) is 0. The molecule has 0 saturated carbocycles. The van der Waals surface area contributed by atoms with Crippen LogP contribution in [0.5, 0.6) is 0 Å². The van der Waals surface area contributed by atoms with E-state index in [9.17, 15) is 9.90 Å². The maximum Gasteiger partial charge on any atom is 0.305 e. The SMILES string of the molecule is CCCCCCCCCCC(CCCCCCCCCC)C(O)COC(=O)CC.N. The normalized spacial score (nSPS) is 12.0. The van der Waals surface area contributed by atoms with Crippen molar-refractivity contribution < 1.29 is 14.6 Å². The molecule has 4 nitrogen and oxygen atoms in total. The number of hydrogen-bond acceptors (Lipinski definition) is 4. The van der Waals surface area contributed by atoms with Gasteiger partial charge in [0, 0.05) is 6.42 Å². The maximum atomic E-state index is 11.4. The fraction of sp³-hybridized carbons (Fsp3) is 0.962. The van der Waals surface area contributed by atoms with Crippen molar-refractivity contribution in [2.24, 2.45) is 5.92 Å². The van der Waals surface area contributed by atoms with E-state index in [-0.39, 0.29) is 24.6 Å². The molecule has 0 aromatic rings. The van der Waals surface area contributed by atoms with Gasteiger partial charge in [-0.2, -0.15) is 0 Å². The van der Waals surface area contributed by atoms with E-state index in [2.05, 4.69) is 13.8 Å². The first-order valence-electron chi connectivity index (χ1n) is 13.0. The Morgan fingerprint density at radius 3 is 1.40 bits per heavy atom. The van der Waals surface area contributed by atoms with Crippen molar-refractivity contribution in [2.75, 3.05) is 6.61 Å². The van der Waals surface area contributed by atoms with Crippen LogP contribution in [-0.4, -0.2) is 23.8 Å². The molecule has 0 aromatic heterocycles. The number of unbranched alkanes of at least 4 members (excludes halogenated alkanes) is 14. The van der Waals surface area contributed by atoms with Crippen LogP contribution in [0.2, 0.25) is 0 Å². The largest absolute Gasteiger partial charge is 0.463 e. The third kappa shape index (κ3) is 20.7. The Morgan fingerprint density at radius 2 is 1.03 bits per heavy atom. The predicted octanol–water partition coefficient (Wildman–Crippen LogP) is 8.14. The number of esters is 1. The molecule has 0 aromatic carbocycles. The molecule has 0 fully saturated rings. The van der Waals surface area contributed by atoms with Crippen molar-refractivity contribution >= 4 is 5.97 Å². The van der Waals surface area contributed by atoms with E-state index in [1.807, 2.05) is 0 Å². The van der Waals surface area contributed by atoms with Gasteiger partial charge in [0.2, 0.25) is 0 Å². The van der Waals surface area contributed by atoms with Gasteiger partial charge in [-0.1, -0.05) is 124 Å². The van der Waals surface area contributed by atoms with Gasteiger partial charge in [0.1, 0.15) is 6.61 Å². The molecule has 1 atom stereocenters. The highest BCUT2D eigenvalue weighted by Gasteiger charge is 2.20. The average Bonchev–Trinajstić information content (AvgIpc) is 2.73. The predicted molar refractivity (Wildman–Crippen MR) is 130 cm³/mol. The third-order valence-corrected chi connectivity index (χ3v) is 6.10. The number of carbonyl (C=O) groups excluding carboxylic acids is 1. The molecule has 30 heavy (non-hydrogen) atoms. The van der Waals surface area contributed by atoms with E-state index < -0.39 is 6.10 Å². The average molecular weight is 430 g/mol. The van der Waals surface area contributed by atoms with Crippen LogP contribution >= 0.6 is 0 Å². The summed E-state index contributed by atoms with van der Waals surface area (Å²) < 4.78 is 5.21. The highest BCUT2D eigenvalue weighted by Crippen LogP contribution is 2.23. The number of aliphatic hydroxyl groups excluding tert-OH is 1. The van der Waals surface area contributed by atoms with Crippen LogP contribution in [0.25, 0.3) is 0 Å². The molecule has 0 heterocycles. The summed E-state index contributed by atoms with van der Waals surface area (Å²) in [5, 5.41) is 10.6. The van der Waals surface area contributed by atoms with Gasteiger partial charge in [-0.3, -0.25) is 4.79 Å². The van der Waals surface area contributed by atoms with Crippen molar-refractivity contribution in [2.45, 2.75) is 149 Å². The second-order valence-electron chi connectivity index (χ2n) is 8.89. The Bertz CT molecular complexity index is 329. The second-order valence-corrected chi connectivity index (χ2v) is 8.89. The molecule has 0 radical (unpaired) electrons. The zero-order chi connectivity index (χ0) is 21.6. The van der Waals surface area contributed by atoms with Gasteiger partial charge in [-0.15, -0.1) is 0 Å². The second kappa shape index (κ2) is 24.7. The van der Waals surface area contributed by atoms with Crippen LogP contribution < -0.4 is 6.15 Å². The van der Waals surface area contributed by atoms with Gasteiger partial charge in [0.15, 0.2) is 0 Å². The van der Waals surface area contributed by atoms with E-state index in [1.54, 1.807) is 6.92 Å². The summed E-state index contributed by atoms with van der Waals surface area (Å²) in [7, 11) is 0. The number of aliphatic hydroxyl groups is 1. The van der Waals surface area contributed by atoms with Crippen molar-refractivity contribution in [3.63, 3.8) is 0 Å². The molecule has 1 unspecified atom stereocenters. The first kappa shape index (κ1) is 31.6. The molecular formula is C26H55NO3. The lowest BCUT2D eigenvalue weighted by Gasteiger charge is -2.23. The lowest BCUT2D eigenvalue weighted by molar-refractivity contribution is -0.147. The Hall–Kier alpha value is -0.610. The summed E-state index contributed by atoms with van der Waals surface area (Å²) in [4.78, 5) is 11.4. The van der Waals surface area contributed by atoms with Gasteiger partial charge in [-0.05, 0) is 18.8 Å². The fourth-order valence-corrected chi connectivity index (χ4v) is 4.03. The molecule has 182 valence electrons. The van der Waals surface area contributed by atoms with E-state index in [0.29, 0.717) is 6.42 Å². The minimum Gasteiger partial charge on any atom is -0.463 e. The molecule has 0 aliphatic rings. The minimum absolute atomic E-state index is 0. The van der Waals surface area contributed by atoms with E-state index in [1.165, 1.54) is 103 Å². The van der Waals surface area contributed by atoms with Crippen LogP contribution in [-0.2, 0) is 9.53 Å². The summed E-state index contributed by atoms with van der Waals surface area (Å²) in [6.07, 6.45) is 23.1. The van der Waals surface area contributed by atoms with Gasteiger partial charge in [0.25, 0.3) is 0 Å². The van der Waals surface area contributed by atoms with E-state index >= 15 is 0 Å². The maximum absolute atomic E-state index is 11.4. The first-order chi connectivity index (χ1) is 14.2. The van der Waals surface area contributed by atoms with Crippen molar-refractivity contribution in [3.05, 3.63) is 0 Å². The summed E-state index contributed by atoms with van der Waals surface area (Å²) in [6.45, 7) is 6.49. The highest BCUT2D eigenvalue weighted by atomic mass is 16.5. The van der Waals surface area contributed by atoms with Crippen LogP contribution in [0, 0.1) is 5.92 Å². The molecular weight excluding hydrogens is 374 g/mol. The molecule has 0 rings (SSSR count). The van der Waals surface area contributed by atoms with Crippen LogP contribution in [0.4, 0.5) is 0 Å². The number of rotatable bonds is 22. The Morgan fingerprint density at radius 1 is 0.667 bits per heavy atom. The van der Waals surface area contributed by atoms with E-state index in [0.717, 1.165) is 12.8 Å². The number of carbonyl (C=O) groups is 1. The molecule has 0 spiro atoms. The quantitative estimate of drug-likeness (QED) is 0.134. The topological polar surface area (TPSA) is 81.5 Å².